The van der Waals surface area contributed by atoms with E-state index < -0.39 is 12.1 Å². The summed E-state index contributed by atoms with van der Waals surface area (Å²) in [6.45, 7) is 0. The fraction of sp³-hybridized carbons (Fsp3) is 0.400. The maximum Gasteiger partial charge on any atom is 0.573 e. The number of methoxy groups -OCH3 is 1. The Morgan fingerprint density at radius 3 is 2.61 bits per heavy atom. The molecule has 0 radical (unpaired) electrons. The van der Waals surface area contributed by atoms with Gasteiger partial charge in [0.25, 0.3) is 0 Å². The third-order valence-corrected chi connectivity index (χ3v) is 2.49. The summed E-state index contributed by atoms with van der Waals surface area (Å²) in [6, 6.07) is 2.78. The standard InChI is InChI=1S/C10H8BrF3N2O2/c1-17-9-4-8(18-10(12,13)14)6(2-3-15)7(5-11)16-9/h4H,2,5H2,1H3. The molecule has 0 saturated heterocycles. The number of halogens is 4. The predicted molar refractivity (Wildman–Crippen MR) is 59.4 cm³/mol. The first-order valence-corrected chi connectivity index (χ1v) is 5.79. The summed E-state index contributed by atoms with van der Waals surface area (Å²) in [6.07, 6.45) is -5.07. The fourth-order valence-electron chi connectivity index (χ4n) is 1.27. The van der Waals surface area contributed by atoms with Crippen LogP contribution in [0.15, 0.2) is 6.07 Å². The highest BCUT2D eigenvalue weighted by Crippen LogP contribution is 2.32. The van der Waals surface area contributed by atoms with Gasteiger partial charge in [-0.25, -0.2) is 4.98 Å². The minimum absolute atomic E-state index is 0.00890. The number of alkyl halides is 4. The van der Waals surface area contributed by atoms with Gasteiger partial charge in [0.2, 0.25) is 5.88 Å². The van der Waals surface area contributed by atoms with Crippen molar-refractivity contribution >= 4 is 15.9 Å². The summed E-state index contributed by atoms with van der Waals surface area (Å²) in [7, 11) is 1.28. The van der Waals surface area contributed by atoms with Gasteiger partial charge in [-0.2, -0.15) is 5.26 Å². The number of hydrogen-bond acceptors (Lipinski definition) is 4. The van der Waals surface area contributed by atoms with Crippen molar-refractivity contribution in [3.8, 4) is 17.7 Å². The smallest absolute Gasteiger partial charge is 0.481 e. The largest absolute Gasteiger partial charge is 0.573 e. The van der Waals surface area contributed by atoms with E-state index in [1.807, 2.05) is 0 Å². The molecule has 0 atom stereocenters. The van der Waals surface area contributed by atoms with Crippen LogP contribution in [0, 0.1) is 11.3 Å². The van der Waals surface area contributed by atoms with E-state index in [-0.39, 0.29) is 28.9 Å². The van der Waals surface area contributed by atoms with Gasteiger partial charge < -0.3 is 9.47 Å². The number of pyridine rings is 1. The monoisotopic (exact) mass is 324 g/mol. The van der Waals surface area contributed by atoms with Crippen molar-refractivity contribution in [2.24, 2.45) is 0 Å². The summed E-state index contributed by atoms with van der Waals surface area (Å²) < 4.78 is 45.4. The average molecular weight is 325 g/mol. The second-order valence-corrected chi connectivity index (χ2v) is 3.67. The lowest BCUT2D eigenvalue weighted by Gasteiger charge is -2.15. The Hall–Kier alpha value is -1.49. The second kappa shape index (κ2) is 5.91. The van der Waals surface area contributed by atoms with Crippen LogP contribution in [0.25, 0.3) is 0 Å². The van der Waals surface area contributed by atoms with Crippen LogP contribution < -0.4 is 9.47 Å². The van der Waals surface area contributed by atoms with Gasteiger partial charge in [-0.15, -0.1) is 13.2 Å². The zero-order chi connectivity index (χ0) is 13.8. The van der Waals surface area contributed by atoms with Crippen LogP contribution in [0.4, 0.5) is 13.2 Å². The minimum atomic E-state index is -4.83. The lowest BCUT2D eigenvalue weighted by Crippen LogP contribution is -2.19. The van der Waals surface area contributed by atoms with E-state index in [0.717, 1.165) is 6.07 Å². The van der Waals surface area contributed by atoms with Crippen LogP contribution in [-0.2, 0) is 11.8 Å². The van der Waals surface area contributed by atoms with Gasteiger partial charge in [0.1, 0.15) is 5.75 Å². The fourth-order valence-corrected chi connectivity index (χ4v) is 1.74. The molecule has 8 heteroatoms. The Morgan fingerprint density at radius 2 is 2.17 bits per heavy atom. The maximum atomic E-state index is 12.3. The van der Waals surface area contributed by atoms with E-state index in [2.05, 4.69) is 25.7 Å². The number of nitrogens with zero attached hydrogens (tertiary/aromatic N) is 2. The van der Waals surface area contributed by atoms with Crippen LogP contribution in [0.5, 0.6) is 11.6 Å². The Labute approximate surface area is 109 Å². The molecule has 0 unspecified atom stereocenters. The molecule has 0 saturated carbocycles. The molecule has 1 aromatic heterocycles. The highest BCUT2D eigenvalue weighted by atomic mass is 79.9. The number of hydrogen-bond donors (Lipinski definition) is 0. The highest BCUT2D eigenvalue weighted by Gasteiger charge is 2.33. The molecular weight excluding hydrogens is 317 g/mol. The van der Waals surface area contributed by atoms with Crippen LogP contribution in [0.1, 0.15) is 11.3 Å². The maximum absolute atomic E-state index is 12.3. The van der Waals surface area contributed by atoms with Gasteiger partial charge >= 0.3 is 6.36 Å². The average Bonchev–Trinajstić information content (AvgIpc) is 2.29. The Morgan fingerprint density at radius 1 is 1.50 bits per heavy atom. The zero-order valence-corrected chi connectivity index (χ0v) is 10.8. The molecule has 0 aromatic carbocycles. The molecule has 1 aromatic rings. The summed E-state index contributed by atoms with van der Waals surface area (Å²) in [5.74, 6) is -0.476. The summed E-state index contributed by atoms with van der Waals surface area (Å²) in [5.41, 5.74) is 0.364. The lowest BCUT2D eigenvalue weighted by atomic mass is 10.1. The first-order valence-electron chi connectivity index (χ1n) is 4.66. The first-order chi connectivity index (χ1) is 8.41. The molecule has 1 rings (SSSR count). The van der Waals surface area contributed by atoms with Crippen molar-refractivity contribution in [1.29, 1.82) is 5.26 Å². The van der Waals surface area contributed by atoms with E-state index >= 15 is 0 Å². The van der Waals surface area contributed by atoms with Crippen molar-refractivity contribution in [1.82, 2.24) is 4.98 Å². The number of rotatable bonds is 4. The van der Waals surface area contributed by atoms with Gasteiger partial charge in [-0.05, 0) is 0 Å². The summed E-state index contributed by atoms with van der Waals surface area (Å²) >= 11 is 3.09. The number of nitriles is 1. The molecule has 0 aliphatic carbocycles. The van der Waals surface area contributed by atoms with Crippen molar-refractivity contribution in [3.63, 3.8) is 0 Å². The van der Waals surface area contributed by atoms with E-state index in [0.29, 0.717) is 0 Å². The molecular formula is C10H8BrF3N2O2. The molecule has 0 aliphatic heterocycles. The first kappa shape index (κ1) is 14.6. The summed E-state index contributed by atoms with van der Waals surface area (Å²) in [4.78, 5) is 3.95. The van der Waals surface area contributed by atoms with Crippen molar-refractivity contribution in [2.45, 2.75) is 18.1 Å². The van der Waals surface area contributed by atoms with E-state index in [1.165, 1.54) is 7.11 Å². The number of ether oxygens (including phenoxy) is 2. The highest BCUT2D eigenvalue weighted by molar-refractivity contribution is 9.08. The summed E-state index contributed by atoms with van der Waals surface area (Å²) in [5, 5.41) is 8.82. The zero-order valence-electron chi connectivity index (χ0n) is 9.21. The van der Waals surface area contributed by atoms with Gasteiger partial charge in [0.05, 0.1) is 25.3 Å². The SMILES string of the molecule is COc1cc(OC(F)(F)F)c(CC#N)c(CBr)n1. The second-order valence-electron chi connectivity index (χ2n) is 3.10. The van der Waals surface area contributed by atoms with E-state index in [1.54, 1.807) is 6.07 Å². The van der Waals surface area contributed by atoms with Crippen LogP contribution in [0.3, 0.4) is 0 Å². The van der Waals surface area contributed by atoms with Crippen LogP contribution in [-0.4, -0.2) is 18.5 Å². The molecule has 0 amide bonds. The van der Waals surface area contributed by atoms with Crippen molar-refractivity contribution in [3.05, 3.63) is 17.3 Å². The van der Waals surface area contributed by atoms with Crippen molar-refractivity contribution < 1.29 is 22.6 Å². The number of aromatic nitrogens is 1. The third-order valence-electron chi connectivity index (χ3n) is 1.96. The molecule has 0 bridgehead atoms. The topological polar surface area (TPSA) is 55.1 Å². The van der Waals surface area contributed by atoms with Gasteiger partial charge in [0.15, 0.2) is 0 Å². The normalized spacial score (nSPS) is 10.9. The van der Waals surface area contributed by atoms with Gasteiger partial charge in [0, 0.05) is 17.0 Å². The molecule has 4 nitrogen and oxygen atoms in total. The van der Waals surface area contributed by atoms with Crippen molar-refractivity contribution in [2.75, 3.05) is 7.11 Å². The molecule has 0 spiro atoms. The molecule has 0 N–H and O–H groups in total. The van der Waals surface area contributed by atoms with Crippen LogP contribution >= 0.6 is 15.9 Å². The third kappa shape index (κ3) is 3.77. The molecule has 0 aliphatic rings. The molecule has 1 heterocycles. The van der Waals surface area contributed by atoms with E-state index in [4.69, 9.17) is 10.00 Å². The molecule has 98 valence electrons. The Bertz CT molecular complexity index is 471. The van der Waals surface area contributed by atoms with E-state index in [9.17, 15) is 13.2 Å². The molecule has 0 fully saturated rings. The lowest BCUT2D eigenvalue weighted by molar-refractivity contribution is -0.274. The molecule has 18 heavy (non-hydrogen) atoms. The minimum Gasteiger partial charge on any atom is -0.481 e. The van der Waals surface area contributed by atoms with Crippen LogP contribution in [0.2, 0.25) is 0 Å². The van der Waals surface area contributed by atoms with Gasteiger partial charge in [-0.1, -0.05) is 15.9 Å². The predicted octanol–water partition coefficient (Wildman–Crippen LogP) is 2.95. The van der Waals surface area contributed by atoms with Gasteiger partial charge in [-0.3, -0.25) is 0 Å². The Kier molecular flexibility index (Phi) is 4.78. The Balaban J connectivity index is 3.30. The quantitative estimate of drug-likeness (QED) is 0.799.